The zero-order chi connectivity index (χ0) is 17.5. The van der Waals surface area contributed by atoms with Gasteiger partial charge in [-0.2, -0.15) is 5.26 Å². The quantitative estimate of drug-likeness (QED) is 0.612. The first-order chi connectivity index (χ1) is 11.6. The number of benzene rings is 1. The fourth-order valence-electron chi connectivity index (χ4n) is 2.86. The third kappa shape index (κ3) is 4.19. The van der Waals surface area contributed by atoms with E-state index in [2.05, 4.69) is 10.6 Å². The van der Waals surface area contributed by atoms with Gasteiger partial charge in [-0.05, 0) is 18.4 Å². The molecule has 6 heteroatoms. The smallest absolute Gasteiger partial charge is 0.245 e. The number of carbonyl (C=O) groups is 3. The highest BCUT2D eigenvalue weighted by atomic mass is 16.2. The van der Waals surface area contributed by atoms with Crippen LogP contribution < -0.4 is 10.6 Å². The minimum atomic E-state index is -1.34. The van der Waals surface area contributed by atoms with Crippen molar-refractivity contribution in [3.63, 3.8) is 0 Å². The third-order valence-electron chi connectivity index (χ3n) is 4.33. The number of nitriles is 1. The van der Waals surface area contributed by atoms with E-state index in [1.54, 1.807) is 30.3 Å². The van der Waals surface area contributed by atoms with Gasteiger partial charge in [0.1, 0.15) is 0 Å². The maximum absolute atomic E-state index is 12.2. The molecule has 1 aromatic carbocycles. The summed E-state index contributed by atoms with van der Waals surface area (Å²) in [6, 6.07) is 8.32. The molecule has 2 amide bonds. The summed E-state index contributed by atoms with van der Waals surface area (Å²) in [6.07, 6.45) is 4.13. The van der Waals surface area contributed by atoms with Crippen LogP contribution in [0.3, 0.4) is 0 Å². The lowest BCUT2D eigenvalue weighted by molar-refractivity contribution is -0.125. The molecule has 0 spiro atoms. The van der Waals surface area contributed by atoms with E-state index in [0.717, 1.165) is 31.2 Å². The lowest BCUT2D eigenvalue weighted by Crippen LogP contribution is -2.32. The van der Waals surface area contributed by atoms with Crippen molar-refractivity contribution >= 4 is 17.6 Å². The van der Waals surface area contributed by atoms with Gasteiger partial charge in [0, 0.05) is 25.1 Å². The molecule has 0 radical (unpaired) electrons. The third-order valence-corrected chi connectivity index (χ3v) is 4.33. The molecule has 1 fully saturated rings. The van der Waals surface area contributed by atoms with Crippen molar-refractivity contribution in [3.05, 3.63) is 35.4 Å². The molecule has 126 valence electrons. The van der Waals surface area contributed by atoms with Crippen LogP contribution in [0.25, 0.3) is 0 Å². The molecule has 1 atom stereocenters. The number of nitrogens with one attached hydrogen (secondary N) is 2. The zero-order valence-electron chi connectivity index (χ0n) is 13.7. The van der Waals surface area contributed by atoms with Crippen molar-refractivity contribution in [2.45, 2.75) is 32.2 Å². The molecule has 0 heterocycles. The van der Waals surface area contributed by atoms with E-state index in [-0.39, 0.29) is 11.8 Å². The first-order valence-electron chi connectivity index (χ1n) is 8.09. The fraction of sp³-hybridized carbons (Fsp3) is 0.444. The van der Waals surface area contributed by atoms with Gasteiger partial charge in [0.2, 0.25) is 11.8 Å². The summed E-state index contributed by atoms with van der Waals surface area (Å²) in [4.78, 5) is 35.7. The Morgan fingerprint density at radius 1 is 1.21 bits per heavy atom. The summed E-state index contributed by atoms with van der Waals surface area (Å²) >= 11 is 0. The molecule has 0 unspecified atom stereocenters. The summed E-state index contributed by atoms with van der Waals surface area (Å²) in [5.74, 6) is -2.29. The summed E-state index contributed by atoms with van der Waals surface area (Å²) in [6.45, 7) is 0.404. The van der Waals surface area contributed by atoms with Crippen molar-refractivity contribution in [3.8, 4) is 6.07 Å². The average molecular weight is 327 g/mol. The number of hydrogen-bond acceptors (Lipinski definition) is 4. The number of hydrogen-bond donors (Lipinski definition) is 2. The second-order valence-corrected chi connectivity index (χ2v) is 5.94. The van der Waals surface area contributed by atoms with Crippen molar-refractivity contribution in [2.75, 3.05) is 7.05 Å². The predicted molar refractivity (Wildman–Crippen MR) is 87.7 cm³/mol. The SMILES string of the molecule is CNC(=O)[C@H](C#N)C(=O)c1ccc(CNC(=O)C2CCCC2)cc1. The Balaban J connectivity index is 1.95. The second kappa shape index (κ2) is 8.25. The lowest BCUT2D eigenvalue weighted by atomic mass is 9.97. The Morgan fingerprint density at radius 2 is 1.83 bits per heavy atom. The van der Waals surface area contributed by atoms with Gasteiger partial charge in [0.25, 0.3) is 0 Å². The highest BCUT2D eigenvalue weighted by molar-refractivity contribution is 6.12. The van der Waals surface area contributed by atoms with E-state index >= 15 is 0 Å². The molecule has 2 N–H and O–H groups in total. The van der Waals surface area contributed by atoms with E-state index in [9.17, 15) is 14.4 Å². The van der Waals surface area contributed by atoms with Gasteiger partial charge in [-0.1, -0.05) is 37.1 Å². The Morgan fingerprint density at radius 3 is 2.38 bits per heavy atom. The maximum Gasteiger partial charge on any atom is 0.245 e. The minimum Gasteiger partial charge on any atom is -0.358 e. The predicted octanol–water partition coefficient (Wildman–Crippen LogP) is 1.56. The summed E-state index contributed by atoms with van der Waals surface area (Å²) in [5.41, 5.74) is 1.17. The van der Waals surface area contributed by atoms with Gasteiger partial charge in [-0.25, -0.2) is 0 Å². The molecule has 0 aromatic heterocycles. The molecule has 2 rings (SSSR count). The largest absolute Gasteiger partial charge is 0.358 e. The van der Waals surface area contributed by atoms with Crippen molar-refractivity contribution in [2.24, 2.45) is 11.8 Å². The van der Waals surface area contributed by atoms with Crippen LogP contribution in [0, 0.1) is 23.2 Å². The first-order valence-corrected chi connectivity index (χ1v) is 8.09. The summed E-state index contributed by atoms with van der Waals surface area (Å²) in [5, 5.41) is 14.2. The monoisotopic (exact) mass is 327 g/mol. The Kier molecular flexibility index (Phi) is 6.07. The van der Waals surface area contributed by atoms with E-state index in [4.69, 9.17) is 5.26 Å². The summed E-state index contributed by atoms with van der Waals surface area (Å²) in [7, 11) is 1.38. The van der Waals surface area contributed by atoms with Gasteiger partial charge >= 0.3 is 0 Å². The van der Waals surface area contributed by atoms with Crippen molar-refractivity contribution < 1.29 is 14.4 Å². The van der Waals surface area contributed by atoms with Crippen LogP contribution in [0.15, 0.2) is 24.3 Å². The van der Waals surface area contributed by atoms with Crippen LogP contribution in [-0.2, 0) is 16.1 Å². The molecule has 6 nitrogen and oxygen atoms in total. The van der Waals surface area contributed by atoms with Crippen LogP contribution in [0.1, 0.15) is 41.6 Å². The van der Waals surface area contributed by atoms with E-state index in [0.29, 0.717) is 12.1 Å². The zero-order valence-corrected chi connectivity index (χ0v) is 13.7. The van der Waals surface area contributed by atoms with Gasteiger partial charge in [-0.15, -0.1) is 0 Å². The molecular formula is C18H21N3O3. The lowest BCUT2D eigenvalue weighted by Gasteiger charge is -2.11. The number of ketones is 1. The van der Waals surface area contributed by atoms with Crippen LogP contribution in [0.5, 0.6) is 0 Å². The minimum absolute atomic E-state index is 0.0804. The normalized spacial score (nSPS) is 15.3. The molecule has 0 bridgehead atoms. The van der Waals surface area contributed by atoms with Crippen molar-refractivity contribution in [1.82, 2.24) is 10.6 Å². The average Bonchev–Trinajstić information content (AvgIpc) is 3.15. The van der Waals surface area contributed by atoms with Crippen LogP contribution in [0.2, 0.25) is 0 Å². The highest BCUT2D eigenvalue weighted by Gasteiger charge is 2.26. The van der Waals surface area contributed by atoms with Gasteiger partial charge in [0.05, 0.1) is 6.07 Å². The molecule has 1 aromatic rings. The van der Waals surface area contributed by atoms with E-state index < -0.39 is 17.6 Å². The number of amides is 2. The van der Waals surface area contributed by atoms with Gasteiger partial charge in [0.15, 0.2) is 11.7 Å². The first kappa shape index (κ1) is 17.7. The number of nitrogens with zero attached hydrogens (tertiary/aromatic N) is 1. The Hall–Kier alpha value is -2.68. The van der Waals surface area contributed by atoms with Gasteiger partial charge < -0.3 is 10.6 Å². The van der Waals surface area contributed by atoms with Gasteiger partial charge in [-0.3, -0.25) is 14.4 Å². The Bertz CT molecular complexity index is 655. The molecule has 0 aliphatic heterocycles. The standard InChI is InChI=1S/C18H21N3O3/c1-20-18(24)15(10-19)16(22)13-8-6-12(7-9-13)11-21-17(23)14-4-2-3-5-14/h6-9,14-15H,2-5,11H2,1H3,(H,20,24)(H,21,23)/t15-/m1/s1. The molecule has 0 saturated heterocycles. The Labute approximate surface area is 141 Å². The highest BCUT2D eigenvalue weighted by Crippen LogP contribution is 2.24. The van der Waals surface area contributed by atoms with Crippen LogP contribution in [-0.4, -0.2) is 24.6 Å². The van der Waals surface area contributed by atoms with E-state index in [1.165, 1.54) is 7.05 Å². The molecule has 1 aliphatic carbocycles. The van der Waals surface area contributed by atoms with Crippen molar-refractivity contribution in [1.29, 1.82) is 5.26 Å². The van der Waals surface area contributed by atoms with Crippen LogP contribution in [0.4, 0.5) is 0 Å². The number of carbonyl (C=O) groups excluding carboxylic acids is 3. The molecule has 24 heavy (non-hydrogen) atoms. The summed E-state index contributed by atoms with van der Waals surface area (Å²) < 4.78 is 0. The van der Waals surface area contributed by atoms with Crippen LogP contribution >= 0.6 is 0 Å². The molecular weight excluding hydrogens is 306 g/mol. The van der Waals surface area contributed by atoms with E-state index in [1.807, 2.05) is 0 Å². The second-order valence-electron chi connectivity index (χ2n) is 5.94. The number of rotatable bonds is 6. The number of Topliss-reactive ketones (excluding diaryl/α,β-unsaturated/α-hetero) is 1. The fourth-order valence-corrected chi connectivity index (χ4v) is 2.86. The molecule has 1 saturated carbocycles. The molecule has 1 aliphatic rings. The maximum atomic E-state index is 12.2. The topological polar surface area (TPSA) is 99.1 Å².